The van der Waals surface area contributed by atoms with Crippen LogP contribution in [-0.4, -0.2) is 50.9 Å². The number of hydrogen-bond donors (Lipinski definition) is 1. The number of rotatable bonds is 7. The Morgan fingerprint density at radius 1 is 0.875 bits per heavy atom. The van der Waals surface area contributed by atoms with Crippen LogP contribution in [0.2, 0.25) is 0 Å². The standard InChI is InChI=1S/C24H23N3O5/c1-15-6-5-7-17-18(24(31)32)9-10-19(22(15)17)23(30)27(14-29)16-8-11-20(26(4)13-28)21(12-16)25(2)3/h5-14H,1-4H3,(H,31,32). The van der Waals surface area contributed by atoms with Gasteiger partial charge in [-0.25, -0.2) is 9.69 Å². The van der Waals surface area contributed by atoms with Crippen LogP contribution in [0.4, 0.5) is 17.1 Å². The molecule has 1 N–H and O–H groups in total. The van der Waals surface area contributed by atoms with Crippen LogP contribution in [0, 0.1) is 6.92 Å². The highest BCUT2D eigenvalue weighted by molar-refractivity contribution is 6.22. The largest absolute Gasteiger partial charge is 0.478 e. The molecule has 0 radical (unpaired) electrons. The number of carboxylic acids is 1. The summed E-state index contributed by atoms with van der Waals surface area (Å²) in [6.07, 6.45) is 1.10. The fraction of sp³-hybridized carbons (Fsp3) is 0.167. The van der Waals surface area contributed by atoms with E-state index in [9.17, 15) is 24.3 Å². The lowest BCUT2D eigenvalue weighted by molar-refractivity contribution is -0.107. The monoisotopic (exact) mass is 433 g/mol. The second kappa shape index (κ2) is 8.89. The molecule has 3 rings (SSSR count). The Bertz CT molecular complexity index is 1240. The van der Waals surface area contributed by atoms with Crippen molar-refractivity contribution in [3.8, 4) is 0 Å². The maximum atomic E-state index is 13.4. The number of imide groups is 1. The Kier molecular flexibility index (Phi) is 6.25. The summed E-state index contributed by atoms with van der Waals surface area (Å²) in [6, 6.07) is 12.8. The van der Waals surface area contributed by atoms with E-state index in [1.165, 1.54) is 17.0 Å². The van der Waals surface area contributed by atoms with Crippen LogP contribution in [0.5, 0.6) is 0 Å². The van der Waals surface area contributed by atoms with E-state index in [0.29, 0.717) is 40.7 Å². The molecule has 0 aromatic heterocycles. The number of fused-ring (bicyclic) bond motifs is 1. The average Bonchev–Trinajstić information content (AvgIpc) is 2.78. The van der Waals surface area contributed by atoms with Gasteiger partial charge in [-0.05, 0) is 53.6 Å². The lowest BCUT2D eigenvalue weighted by Gasteiger charge is -2.25. The SMILES string of the molecule is Cc1cccc2c(C(=O)O)ccc(C(=O)N(C=O)c3ccc(N(C)C=O)c(N(C)C)c3)c12. The molecule has 0 bridgehead atoms. The molecule has 8 nitrogen and oxygen atoms in total. The van der Waals surface area contributed by atoms with Gasteiger partial charge in [-0.15, -0.1) is 0 Å². The van der Waals surface area contributed by atoms with Gasteiger partial charge in [-0.1, -0.05) is 18.2 Å². The second-order valence-corrected chi connectivity index (χ2v) is 7.53. The first kappa shape index (κ1) is 22.5. The molecule has 0 fully saturated rings. The topological polar surface area (TPSA) is 98.2 Å². The highest BCUT2D eigenvalue weighted by atomic mass is 16.4. The molecular weight excluding hydrogens is 410 g/mol. The number of benzene rings is 3. The third-order valence-corrected chi connectivity index (χ3v) is 5.29. The minimum atomic E-state index is -1.10. The number of amides is 3. The second-order valence-electron chi connectivity index (χ2n) is 7.53. The lowest BCUT2D eigenvalue weighted by atomic mass is 9.95. The van der Waals surface area contributed by atoms with E-state index in [2.05, 4.69) is 0 Å². The summed E-state index contributed by atoms with van der Waals surface area (Å²) in [5.74, 6) is -1.69. The molecule has 3 amide bonds. The third kappa shape index (κ3) is 3.90. The summed E-state index contributed by atoms with van der Waals surface area (Å²) in [5, 5.41) is 10.4. The average molecular weight is 433 g/mol. The van der Waals surface area contributed by atoms with Gasteiger partial charge in [0.2, 0.25) is 12.8 Å². The zero-order chi connectivity index (χ0) is 23.6. The highest BCUT2D eigenvalue weighted by Crippen LogP contribution is 2.33. The van der Waals surface area contributed by atoms with Crippen molar-refractivity contribution in [1.82, 2.24) is 0 Å². The molecule has 8 heteroatoms. The molecule has 0 unspecified atom stereocenters. The number of nitrogens with zero attached hydrogens (tertiary/aromatic N) is 3. The summed E-state index contributed by atoms with van der Waals surface area (Å²) in [5.41, 5.74) is 2.58. The lowest BCUT2D eigenvalue weighted by Crippen LogP contribution is -2.30. The van der Waals surface area contributed by atoms with E-state index in [-0.39, 0.29) is 11.1 Å². The summed E-state index contributed by atoms with van der Waals surface area (Å²) >= 11 is 0. The van der Waals surface area contributed by atoms with Crippen molar-refractivity contribution in [2.45, 2.75) is 6.92 Å². The van der Waals surface area contributed by atoms with Crippen molar-refractivity contribution in [2.24, 2.45) is 0 Å². The first-order valence-electron chi connectivity index (χ1n) is 9.75. The fourth-order valence-electron chi connectivity index (χ4n) is 3.68. The number of hydrogen-bond acceptors (Lipinski definition) is 5. The van der Waals surface area contributed by atoms with Crippen LogP contribution in [-0.2, 0) is 9.59 Å². The molecule has 0 aliphatic carbocycles. The van der Waals surface area contributed by atoms with Crippen molar-refractivity contribution in [3.63, 3.8) is 0 Å². The molecule has 0 aliphatic rings. The van der Waals surface area contributed by atoms with E-state index < -0.39 is 11.9 Å². The number of aryl methyl sites for hydroxylation is 1. The van der Waals surface area contributed by atoms with Crippen LogP contribution in [0.25, 0.3) is 10.8 Å². The summed E-state index contributed by atoms with van der Waals surface area (Å²) in [6.45, 7) is 1.78. The van der Waals surface area contributed by atoms with Crippen molar-refractivity contribution >= 4 is 52.5 Å². The smallest absolute Gasteiger partial charge is 0.336 e. The number of aromatic carboxylic acids is 1. The summed E-state index contributed by atoms with van der Waals surface area (Å²) in [4.78, 5) is 52.5. The van der Waals surface area contributed by atoms with Gasteiger partial charge in [0, 0.05) is 26.7 Å². The molecule has 0 spiro atoms. The Morgan fingerprint density at radius 2 is 1.56 bits per heavy atom. The molecular formula is C24H23N3O5. The Labute approximate surface area is 185 Å². The molecule has 0 atom stereocenters. The highest BCUT2D eigenvalue weighted by Gasteiger charge is 2.23. The van der Waals surface area contributed by atoms with Crippen LogP contribution in [0.15, 0.2) is 48.5 Å². The third-order valence-electron chi connectivity index (χ3n) is 5.29. The molecule has 32 heavy (non-hydrogen) atoms. The van der Waals surface area contributed by atoms with Gasteiger partial charge in [0.1, 0.15) is 0 Å². The van der Waals surface area contributed by atoms with Crippen LogP contribution in [0.3, 0.4) is 0 Å². The molecule has 0 saturated carbocycles. The van der Waals surface area contributed by atoms with E-state index in [1.54, 1.807) is 69.4 Å². The first-order valence-corrected chi connectivity index (χ1v) is 9.75. The predicted octanol–water partition coefficient (Wildman–Crippen LogP) is 3.31. The van der Waals surface area contributed by atoms with Gasteiger partial charge < -0.3 is 14.9 Å². The Balaban J connectivity index is 2.17. The minimum Gasteiger partial charge on any atom is -0.478 e. The summed E-state index contributed by atoms with van der Waals surface area (Å²) < 4.78 is 0. The predicted molar refractivity (Wildman–Crippen MR) is 124 cm³/mol. The quantitative estimate of drug-likeness (QED) is 0.574. The summed E-state index contributed by atoms with van der Waals surface area (Å²) in [7, 11) is 5.18. The van der Waals surface area contributed by atoms with Crippen LogP contribution < -0.4 is 14.7 Å². The van der Waals surface area contributed by atoms with E-state index in [1.807, 2.05) is 0 Å². The number of carbonyl (C=O) groups excluding carboxylic acids is 3. The van der Waals surface area contributed by atoms with E-state index in [4.69, 9.17) is 0 Å². The van der Waals surface area contributed by atoms with Gasteiger partial charge in [-0.3, -0.25) is 14.4 Å². The molecule has 0 saturated heterocycles. The molecule has 3 aromatic carbocycles. The zero-order valence-electron chi connectivity index (χ0n) is 18.2. The van der Waals surface area contributed by atoms with Crippen LogP contribution >= 0.6 is 0 Å². The van der Waals surface area contributed by atoms with Gasteiger partial charge in [0.15, 0.2) is 0 Å². The van der Waals surface area contributed by atoms with Crippen molar-refractivity contribution in [1.29, 1.82) is 0 Å². The normalized spacial score (nSPS) is 10.5. The molecule has 0 aliphatic heterocycles. The number of anilines is 3. The Hall–Kier alpha value is -4.20. The van der Waals surface area contributed by atoms with Gasteiger partial charge >= 0.3 is 5.97 Å². The maximum absolute atomic E-state index is 13.4. The Morgan fingerprint density at radius 3 is 2.16 bits per heavy atom. The van der Waals surface area contributed by atoms with Crippen molar-refractivity contribution in [2.75, 3.05) is 35.8 Å². The molecule has 164 valence electrons. The van der Waals surface area contributed by atoms with Gasteiger partial charge in [-0.2, -0.15) is 0 Å². The maximum Gasteiger partial charge on any atom is 0.336 e. The van der Waals surface area contributed by atoms with Crippen LogP contribution in [0.1, 0.15) is 26.3 Å². The van der Waals surface area contributed by atoms with Crippen molar-refractivity contribution < 1.29 is 24.3 Å². The number of carbonyl (C=O) groups is 4. The van der Waals surface area contributed by atoms with Crippen molar-refractivity contribution in [3.05, 3.63) is 65.2 Å². The van der Waals surface area contributed by atoms with Gasteiger partial charge in [0.05, 0.1) is 22.6 Å². The minimum absolute atomic E-state index is 0.0778. The molecule has 0 heterocycles. The van der Waals surface area contributed by atoms with E-state index in [0.717, 1.165) is 10.5 Å². The number of carboxylic acid groups (broad SMARTS) is 1. The van der Waals surface area contributed by atoms with Gasteiger partial charge in [0.25, 0.3) is 5.91 Å². The fourth-order valence-corrected chi connectivity index (χ4v) is 3.68. The molecule has 3 aromatic rings. The van der Waals surface area contributed by atoms with E-state index >= 15 is 0 Å². The first-order chi connectivity index (χ1) is 15.2. The zero-order valence-corrected chi connectivity index (χ0v) is 18.2.